The van der Waals surface area contributed by atoms with Crippen LogP contribution in [0.15, 0.2) is 53.4 Å². The minimum Gasteiger partial charge on any atom is -0.406 e. The summed E-state index contributed by atoms with van der Waals surface area (Å²) in [6.45, 7) is 4.33. The molecule has 6 nitrogen and oxygen atoms in total. The van der Waals surface area contributed by atoms with Crippen LogP contribution in [0.2, 0.25) is 0 Å². The molecule has 2 aromatic rings. The number of alkyl halides is 3. The van der Waals surface area contributed by atoms with Gasteiger partial charge in [-0.1, -0.05) is 26.0 Å². The zero-order chi connectivity index (χ0) is 22.5. The molecule has 0 fully saturated rings. The first kappa shape index (κ1) is 23.7. The number of hydrogen-bond acceptors (Lipinski definition) is 4. The van der Waals surface area contributed by atoms with Gasteiger partial charge in [0.1, 0.15) is 5.75 Å². The van der Waals surface area contributed by atoms with E-state index in [-0.39, 0.29) is 23.1 Å². The summed E-state index contributed by atoms with van der Waals surface area (Å²) in [7, 11) is -2.07. The van der Waals surface area contributed by atoms with Crippen molar-refractivity contribution in [3.05, 3.63) is 59.7 Å². The van der Waals surface area contributed by atoms with E-state index < -0.39 is 16.4 Å². The van der Waals surface area contributed by atoms with Gasteiger partial charge < -0.3 is 9.64 Å². The zero-order valence-electron chi connectivity index (χ0n) is 16.8. The van der Waals surface area contributed by atoms with E-state index in [2.05, 4.69) is 4.74 Å². The topological polar surface area (TPSA) is 66.9 Å². The van der Waals surface area contributed by atoms with Crippen molar-refractivity contribution < 1.29 is 31.1 Å². The Morgan fingerprint density at radius 2 is 1.50 bits per heavy atom. The summed E-state index contributed by atoms with van der Waals surface area (Å²) < 4.78 is 66.8. The van der Waals surface area contributed by atoms with Gasteiger partial charge >= 0.3 is 6.36 Å². The van der Waals surface area contributed by atoms with E-state index in [1.54, 1.807) is 20.9 Å². The van der Waals surface area contributed by atoms with Crippen molar-refractivity contribution in [2.45, 2.75) is 31.7 Å². The Morgan fingerprint density at radius 1 is 0.967 bits per heavy atom. The van der Waals surface area contributed by atoms with Gasteiger partial charge in [0.25, 0.3) is 5.91 Å². The molecule has 2 rings (SSSR count). The van der Waals surface area contributed by atoms with Crippen LogP contribution in [0.5, 0.6) is 5.75 Å². The lowest BCUT2D eigenvalue weighted by Gasteiger charge is -2.20. The van der Waals surface area contributed by atoms with Crippen LogP contribution in [0, 0.1) is 0 Å². The minimum absolute atomic E-state index is 0.102. The van der Waals surface area contributed by atoms with Crippen LogP contribution in [-0.2, 0) is 16.6 Å². The fraction of sp³-hybridized carbons (Fsp3) is 0.350. The lowest BCUT2D eigenvalue weighted by Crippen LogP contribution is -2.30. The third-order valence-electron chi connectivity index (χ3n) is 4.37. The van der Waals surface area contributed by atoms with Crippen LogP contribution in [0.3, 0.4) is 0 Å². The Morgan fingerprint density at radius 3 is 1.97 bits per heavy atom. The molecule has 0 aliphatic carbocycles. The summed E-state index contributed by atoms with van der Waals surface area (Å²) in [5, 5.41) is 0. The summed E-state index contributed by atoms with van der Waals surface area (Å²) in [6, 6.07) is 10.9. The van der Waals surface area contributed by atoms with Gasteiger partial charge in [-0.25, -0.2) is 8.42 Å². The first-order valence-corrected chi connectivity index (χ1v) is 10.6. The maximum atomic E-state index is 12.6. The van der Waals surface area contributed by atoms with Crippen molar-refractivity contribution in [1.29, 1.82) is 0 Å². The number of halogens is 3. The minimum atomic E-state index is -4.76. The highest BCUT2D eigenvalue weighted by atomic mass is 32.2. The Kier molecular flexibility index (Phi) is 7.49. The SMILES string of the molecule is CCN(CC)S(=O)(=O)c1ccc(C(=O)N(C)Cc2ccc(OC(F)(F)F)cc2)cc1. The molecule has 0 atom stereocenters. The van der Waals surface area contributed by atoms with Gasteiger partial charge in [-0.2, -0.15) is 4.31 Å². The molecule has 10 heteroatoms. The number of amides is 1. The van der Waals surface area contributed by atoms with Crippen molar-refractivity contribution in [2.75, 3.05) is 20.1 Å². The predicted molar refractivity (Wildman–Crippen MR) is 105 cm³/mol. The Hall–Kier alpha value is -2.59. The average Bonchev–Trinajstić information content (AvgIpc) is 2.68. The molecule has 0 heterocycles. The van der Waals surface area contributed by atoms with Gasteiger partial charge in [-0.3, -0.25) is 4.79 Å². The summed E-state index contributed by atoms with van der Waals surface area (Å²) in [6.07, 6.45) is -4.76. The third-order valence-corrected chi connectivity index (χ3v) is 6.43. The highest BCUT2D eigenvalue weighted by Gasteiger charge is 2.31. The van der Waals surface area contributed by atoms with Crippen molar-refractivity contribution >= 4 is 15.9 Å². The van der Waals surface area contributed by atoms with Gasteiger partial charge in [0.15, 0.2) is 0 Å². The van der Waals surface area contributed by atoms with Crippen LogP contribution < -0.4 is 4.74 Å². The van der Waals surface area contributed by atoms with Gasteiger partial charge in [-0.05, 0) is 42.0 Å². The lowest BCUT2D eigenvalue weighted by atomic mass is 10.1. The highest BCUT2D eigenvalue weighted by molar-refractivity contribution is 7.89. The molecule has 0 unspecified atom stereocenters. The molecular weight excluding hydrogens is 421 g/mol. The second-order valence-corrected chi connectivity index (χ2v) is 8.40. The number of hydrogen-bond donors (Lipinski definition) is 0. The van der Waals surface area contributed by atoms with Crippen molar-refractivity contribution in [1.82, 2.24) is 9.21 Å². The molecule has 0 saturated carbocycles. The van der Waals surface area contributed by atoms with Crippen LogP contribution in [0.1, 0.15) is 29.8 Å². The molecule has 0 aliphatic rings. The van der Waals surface area contributed by atoms with E-state index in [0.29, 0.717) is 24.2 Å². The molecule has 0 aromatic heterocycles. The maximum absolute atomic E-state index is 12.6. The normalized spacial score (nSPS) is 12.1. The van der Waals surface area contributed by atoms with E-state index in [0.717, 1.165) is 0 Å². The van der Waals surface area contributed by atoms with Crippen LogP contribution >= 0.6 is 0 Å². The number of benzene rings is 2. The summed E-state index contributed by atoms with van der Waals surface area (Å²) >= 11 is 0. The molecule has 0 aliphatic heterocycles. The number of rotatable bonds is 8. The van der Waals surface area contributed by atoms with Crippen molar-refractivity contribution in [2.24, 2.45) is 0 Å². The van der Waals surface area contributed by atoms with Crippen molar-refractivity contribution in [3.8, 4) is 5.75 Å². The quantitative estimate of drug-likeness (QED) is 0.620. The number of carbonyl (C=O) groups excluding carboxylic acids is 1. The molecule has 0 bridgehead atoms. The number of sulfonamides is 1. The standard InChI is InChI=1S/C20H23F3N2O4S/c1-4-25(5-2)30(27,28)18-12-8-16(9-13-18)19(26)24(3)14-15-6-10-17(11-7-15)29-20(21,22)23/h6-13H,4-5,14H2,1-3H3. The monoisotopic (exact) mass is 444 g/mol. The average molecular weight is 444 g/mol. The fourth-order valence-corrected chi connectivity index (χ4v) is 4.30. The summed E-state index contributed by atoms with van der Waals surface area (Å²) in [4.78, 5) is 14.1. The van der Waals surface area contributed by atoms with Gasteiger partial charge in [-0.15, -0.1) is 13.2 Å². The molecule has 0 spiro atoms. The van der Waals surface area contributed by atoms with Gasteiger partial charge in [0, 0.05) is 32.2 Å². The Bertz CT molecular complexity index is 955. The molecule has 0 radical (unpaired) electrons. The van der Waals surface area contributed by atoms with E-state index in [1.165, 1.54) is 57.7 Å². The van der Waals surface area contributed by atoms with Crippen LogP contribution in [0.4, 0.5) is 13.2 Å². The second-order valence-electron chi connectivity index (χ2n) is 6.47. The lowest BCUT2D eigenvalue weighted by molar-refractivity contribution is -0.274. The van der Waals surface area contributed by atoms with E-state index >= 15 is 0 Å². The third kappa shape index (κ3) is 5.96. The van der Waals surface area contributed by atoms with E-state index in [1.807, 2.05) is 0 Å². The molecule has 1 amide bonds. The predicted octanol–water partition coefficient (Wildman–Crippen LogP) is 3.89. The fourth-order valence-electron chi connectivity index (χ4n) is 2.84. The van der Waals surface area contributed by atoms with E-state index in [9.17, 15) is 26.4 Å². The summed E-state index contributed by atoms with van der Waals surface area (Å²) in [5.74, 6) is -0.692. The maximum Gasteiger partial charge on any atom is 0.573 e. The molecule has 2 aromatic carbocycles. The molecule has 0 saturated heterocycles. The highest BCUT2D eigenvalue weighted by Crippen LogP contribution is 2.23. The smallest absolute Gasteiger partial charge is 0.406 e. The molecular formula is C20H23F3N2O4S. The second kappa shape index (κ2) is 9.48. The van der Waals surface area contributed by atoms with E-state index in [4.69, 9.17) is 0 Å². The van der Waals surface area contributed by atoms with Crippen LogP contribution in [0.25, 0.3) is 0 Å². The van der Waals surface area contributed by atoms with Crippen LogP contribution in [-0.4, -0.2) is 50.0 Å². The molecule has 0 N–H and O–H groups in total. The largest absolute Gasteiger partial charge is 0.573 e. The van der Waals surface area contributed by atoms with Crippen molar-refractivity contribution in [3.63, 3.8) is 0 Å². The first-order chi connectivity index (χ1) is 14.0. The molecule has 30 heavy (non-hydrogen) atoms. The van der Waals surface area contributed by atoms with Gasteiger partial charge in [0.05, 0.1) is 4.90 Å². The van der Waals surface area contributed by atoms with Gasteiger partial charge in [0.2, 0.25) is 10.0 Å². The zero-order valence-corrected chi connectivity index (χ0v) is 17.6. The Balaban J connectivity index is 2.08. The number of nitrogens with zero attached hydrogens (tertiary/aromatic N) is 2. The summed E-state index contributed by atoms with van der Waals surface area (Å²) in [5.41, 5.74) is 0.911. The molecule has 164 valence electrons. The Labute approximate surface area is 173 Å². The first-order valence-electron chi connectivity index (χ1n) is 9.18. The number of carbonyl (C=O) groups is 1. The number of ether oxygens (including phenoxy) is 1.